The highest BCUT2D eigenvalue weighted by molar-refractivity contribution is 5.88. The fourth-order valence-electron chi connectivity index (χ4n) is 3.07. The van der Waals surface area contributed by atoms with Crippen molar-refractivity contribution in [1.82, 2.24) is 9.47 Å². The molecular formula is C16H19N3. The summed E-state index contributed by atoms with van der Waals surface area (Å²) in [4.78, 5) is 5.81. The summed E-state index contributed by atoms with van der Waals surface area (Å²) >= 11 is 0. The zero-order valence-corrected chi connectivity index (χ0v) is 11.7. The van der Waals surface area contributed by atoms with E-state index >= 15 is 0 Å². The zero-order valence-electron chi connectivity index (χ0n) is 11.7. The van der Waals surface area contributed by atoms with Gasteiger partial charge >= 0.3 is 0 Å². The molecule has 1 aliphatic rings. The number of aryl methyl sites for hydroxylation is 1. The predicted octanol–water partition coefficient (Wildman–Crippen LogP) is 3.39. The van der Waals surface area contributed by atoms with Gasteiger partial charge in [-0.05, 0) is 55.4 Å². The van der Waals surface area contributed by atoms with Gasteiger partial charge in [-0.1, -0.05) is 6.07 Å². The largest absolute Gasteiger partial charge is 0.350 e. The number of rotatable bonds is 3. The quantitative estimate of drug-likeness (QED) is 0.764. The lowest BCUT2D eigenvalue weighted by atomic mass is 10.1. The second kappa shape index (κ2) is 4.40. The van der Waals surface area contributed by atoms with E-state index in [9.17, 15) is 0 Å². The molecule has 0 bridgehead atoms. The molecule has 1 fully saturated rings. The minimum absolute atomic E-state index is 0.673. The van der Waals surface area contributed by atoms with Crippen molar-refractivity contribution in [2.45, 2.75) is 12.3 Å². The molecule has 0 spiro atoms. The number of benzene rings is 1. The lowest BCUT2D eigenvalue weighted by Gasteiger charge is -2.08. The predicted molar refractivity (Wildman–Crippen MR) is 78.6 cm³/mol. The van der Waals surface area contributed by atoms with Crippen LogP contribution in [-0.4, -0.2) is 30.1 Å². The van der Waals surface area contributed by atoms with Crippen LogP contribution in [0.15, 0.2) is 24.4 Å². The second-order valence-corrected chi connectivity index (χ2v) is 5.87. The number of aromatic nitrogens is 1. The van der Waals surface area contributed by atoms with Crippen molar-refractivity contribution in [2.75, 3.05) is 20.6 Å². The third-order valence-corrected chi connectivity index (χ3v) is 4.05. The average Bonchev–Trinajstić information content (AvgIpc) is 3.05. The maximum atomic E-state index is 7.16. The molecule has 3 nitrogen and oxygen atoms in total. The molecule has 0 radical (unpaired) electrons. The van der Waals surface area contributed by atoms with E-state index in [2.05, 4.69) is 47.7 Å². The van der Waals surface area contributed by atoms with Crippen molar-refractivity contribution in [2.24, 2.45) is 13.0 Å². The van der Waals surface area contributed by atoms with E-state index in [0.29, 0.717) is 5.92 Å². The van der Waals surface area contributed by atoms with E-state index < -0.39 is 0 Å². The molecule has 0 amide bonds. The minimum atomic E-state index is 0.673. The van der Waals surface area contributed by atoms with Gasteiger partial charge in [0, 0.05) is 25.3 Å². The SMILES string of the molecule is [C-]#[N+]c1ccc2c(c1)c(C1CC1CN(C)C)cn2C. The highest BCUT2D eigenvalue weighted by Crippen LogP contribution is 2.50. The highest BCUT2D eigenvalue weighted by Gasteiger charge is 2.39. The molecule has 1 aliphatic carbocycles. The number of fused-ring (bicyclic) bond motifs is 1. The van der Waals surface area contributed by atoms with Crippen LogP contribution in [0, 0.1) is 12.5 Å². The van der Waals surface area contributed by atoms with Gasteiger partial charge in [0.2, 0.25) is 0 Å². The Hall–Kier alpha value is -1.79. The number of nitrogens with zero attached hydrogens (tertiary/aromatic N) is 3. The zero-order chi connectivity index (χ0) is 13.6. The first kappa shape index (κ1) is 12.3. The van der Waals surface area contributed by atoms with Crippen LogP contribution in [0.3, 0.4) is 0 Å². The van der Waals surface area contributed by atoms with Crippen LogP contribution in [0.2, 0.25) is 0 Å². The second-order valence-electron chi connectivity index (χ2n) is 5.87. The van der Waals surface area contributed by atoms with Crippen molar-refractivity contribution in [3.05, 3.63) is 41.4 Å². The van der Waals surface area contributed by atoms with Crippen molar-refractivity contribution < 1.29 is 0 Å². The summed E-state index contributed by atoms with van der Waals surface area (Å²) in [5, 5.41) is 1.27. The Bertz CT molecular complexity index is 660. The Morgan fingerprint density at radius 1 is 1.42 bits per heavy atom. The van der Waals surface area contributed by atoms with Gasteiger partial charge in [0.25, 0.3) is 0 Å². The summed E-state index contributed by atoms with van der Waals surface area (Å²) in [5.74, 6) is 1.45. The number of hydrogen-bond acceptors (Lipinski definition) is 1. The van der Waals surface area contributed by atoms with Gasteiger partial charge in [0.1, 0.15) is 0 Å². The van der Waals surface area contributed by atoms with Crippen LogP contribution >= 0.6 is 0 Å². The van der Waals surface area contributed by atoms with E-state index in [4.69, 9.17) is 6.57 Å². The molecule has 0 aliphatic heterocycles. The lowest BCUT2D eigenvalue weighted by Crippen LogP contribution is -2.15. The molecule has 1 saturated carbocycles. The molecular weight excluding hydrogens is 234 g/mol. The molecule has 19 heavy (non-hydrogen) atoms. The first-order valence-corrected chi connectivity index (χ1v) is 6.71. The van der Waals surface area contributed by atoms with Gasteiger partial charge < -0.3 is 9.47 Å². The van der Waals surface area contributed by atoms with Crippen LogP contribution in [0.1, 0.15) is 17.9 Å². The maximum absolute atomic E-state index is 7.16. The maximum Gasteiger partial charge on any atom is 0.187 e. The van der Waals surface area contributed by atoms with E-state index in [1.165, 1.54) is 22.9 Å². The topological polar surface area (TPSA) is 12.5 Å². The Labute approximate surface area is 114 Å². The van der Waals surface area contributed by atoms with Gasteiger partial charge in [-0.15, -0.1) is 0 Å². The average molecular weight is 253 g/mol. The van der Waals surface area contributed by atoms with Crippen molar-refractivity contribution >= 4 is 16.6 Å². The van der Waals surface area contributed by atoms with Gasteiger partial charge in [-0.25, -0.2) is 4.85 Å². The summed E-state index contributed by atoms with van der Waals surface area (Å²) in [6, 6.07) is 6.02. The molecule has 1 aromatic heterocycles. The van der Waals surface area contributed by atoms with Crippen molar-refractivity contribution in [3.8, 4) is 0 Å². The standard InChI is InChI=1S/C16H19N3/c1-17-12-5-6-16-14(8-12)15(10-19(16)4)13-7-11(13)9-18(2)3/h5-6,8,10-11,13H,7,9H2,2-4H3. The van der Waals surface area contributed by atoms with Crippen molar-refractivity contribution in [1.29, 1.82) is 0 Å². The summed E-state index contributed by atoms with van der Waals surface area (Å²) in [6.45, 7) is 8.32. The fourth-order valence-corrected chi connectivity index (χ4v) is 3.07. The summed E-state index contributed by atoms with van der Waals surface area (Å²) in [5.41, 5.74) is 3.40. The molecule has 1 heterocycles. The Morgan fingerprint density at radius 3 is 2.89 bits per heavy atom. The molecule has 2 aromatic rings. The van der Waals surface area contributed by atoms with Gasteiger partial charge in [-0.3, -0.25) is 0 Å². The number of hydrogen-bond donors (Lipinski definition) is 0. The van der Waals surface area contributed by atoms with Crippen LogP contribution in [0.25, 0.3) is 15.7 Å². The normalized spacial score (nSPS) is 21.8. The summed E-state index contributed by atoms with van der Waals surface area (Å²) in [6.07, 6.45) is 3.53. The summed E-state index contributed by atoms with van der Waals surface area (Å²) in [7, 11) is 6.36. The van der Waals surface area contributed by atoms with E-state index in [1.807, 2.05) is 12.1 Å². The van der Waals surface area contributed by atoms with Crippen molar-refractivity contribution in [3.63, 3.8) is 0 Å². The van der Waals surface area contributed by atoms with Gasteiger partial charge in [-0.2, -0.15) is 0 Å². The minimum Gasteiger partial charge on any atom is -0.350 e. The van der Waals surface area contributed by atoms with Gasteiger partial charge in [0.05, 0.1) is 6.57 Å². The smallest absolute Gasteiger partial charge is 0.187 e. The molecule has 98 valence electrons. The van der Waals surface area contributed by atoms with Crippen LogP contribution in [-0.2, 0) is 7.05 Å². The Kier molecular flexibility index (Phi) is 2.83. The molecule has 0 saturated heterocycles. The molecule has 2 atom stereocenters. The van der Waals surface area contributed by atoms with Crippen LogP contribution in [0.4, 0.5) is 5.69 Å². The highest BCUT2D eigenvalue weighted by atomic mass is 15.1. The van der Waals surface area contributed by atoms with Gasteiger partial charge in [0.15, 0.2) is 5.69 Å². The first-order chi connectivity index (χ1) is 9.10. The van der Waals surface area contributed by atoms with E-state index in [-0.39, 0.29) is 0 Å². The molecule has 2 unspecified atom stereocenters. The lowest BCUT2D eigenvalue weighted by molar-refractivity contribution is 0.385. The fraction of sp³-hybridized carbons (Fsp3) is 0.438. The molecule has 0 N–H and O–H groups in total. The summed E-state index contributed by atoms with van der Waals surface area (Å²) < 4.78 is 2.18. The van der Waals surface area contributed by atoms with E-state index in [0.717, 1.165) is 18.2 Å². The van der Waals surface area contributed by atoms with Crippen LogP contribution in [0.5, 0.6) is 0 Å². The van der Waals surface area contributed by atoms with E-state index in [1.54, 1.807) is 0 Å². The Balaban J connectivity index is 1.99. The third-order valence-electron chi connectivity index (χ3n) is 4.05. The molecule has 3 heteroatoms. The Morgan fingerprint density at radius 2 is 2.21 bits per heavy atom. The molecule has 1 aromatic carbocycles. The monoisotopic (exact) mass is 253 g/mol. The first-order valence-electron chi connectivity index (χ1n) is 6.71. The molecule has 3 rings (SSSR count). The third kappa shape index (κ3) is 2.13. The van der Waals surface area contributed by atoms with Crippen LogP contribution < -0.4 is 0 Å².